The van der Waals surface area contributed by atoms with Gasteiger partial charge < -0.3 is 10.1 Å². The van der Waals surface area contributed by atoms with Crippen molar-refractivity contribution in [1.82, 2.24) is 9.97 Å². The summed E-state index contributed by atoms with van der Waals surface area (Å²) < 4.78 is 5.94. The summed E-state index contributed by atoms with van der Waals surface area (Å²) in [6.45, 7) is 7.07. The van der Waals surface area contributed by atoms with Gasteiger partial charge in [0.2, 0.25) is 5.88 Å². The van der Waals surface area contributed by atoms with Crippen LogP contribution in [0.4, 0.5) is 5.82 Å². The fraction of sp³-hybridized carbons (Fsp3) is 0.375. The van der Waals surface area contributed by atoms with Crippen LogP contribution in [0.15, 0.2) is 30.6 Å². The van der Waals surface area contributed by atoms with Gasteiger partial charge in [0.15, 0.2) is 0 Å². The number of hydrogen-bond donors (Lipinski definition) is 1. The second kappa shape index (κ2) is 6.89. The Hall–Kier alpha value is -2.10. The average molecular weight is 271 g/mol. The number of benzene rings is 1. The Balaban J connectivity index is 2.32. The van der Waals surface area contributed by atoms with E-state index in [1.807, 2.05) is 31.2 Å². The maximum absolute atomic E-state index is 5.94. The number of hydrogen-bond acceptors (Lipinski definition) is 4. The summed E-state index contributed by atoms with van der Waals surface area (Å²) in [5.74, 6) is 2.32. The molecule has 1 aromatic carbocycles. The van der Waals surface area contributed by atoms with Gasteiger partial charge in [0, 0.05) is 6.54 Å². The van der Waals surface area contributed by atoms with E-state index in [0.717, 1.165) is 36.5 Å². The molecule has 1 heterocycles. The minimum absolute atomic E-state index is 0.642. The van der Waals surface area contributed by atoms with E-state index < -0.39 is 0 Å². The lowest BCUT2D eigenvalue weighted by Crippen LogP contribution is -2.06. The van der Waals surface area contributed by atoms with Gasteiger partial charge in [-0.25, -0.2) is 9.97 Å². The molecule has 0 aliphatic carbocycles. The van der Waals surface area contributed by atoms with Crippen molar-refractivity contribution in [1.29, 1.82) is 0 Å². The molecule has 0 saturated heterocycles. The molecule has 0 spiro atoms. The van der Waals surface area contributed by atoms with E-state index in [0.29, 0.717) is 5.88 Å². The standard InChI is InChI=1S/C16H21N3O/c1-4-7-14-15(17-5-2)18-11-19-16(14)20-13-9-6-8-12(3)10-13/h6,8-11H,4-5,7H2,1-3H3,(H,17,18,19). The van der Waals surface area contributed by atoms with Gasteiger partial charge in [-0.1, -0.05) is 25.5 Å². The molecule has 0 bridgehead atoms. The highest BCUT2D eigenvalue weighted by atomic mass is 16.5. The molecule has 20 heavy (non-hydrogen) atoms. The number of nitrogens with zero attached hydrogens (tertiary/aromatic N) is 2. The highest BCUT2D eigenvalue weighted by Gasteiger charge is 2.12. The first kappa shape index (κ1) is 14.3. The molecule has 0 amide bonds. The van der Waals surface area contributed by atoms with E-state index in [1.165, 1.54) is 5.56 Å². The normalized spacial score (nSPS) is 10.3. The highest BCUT2D eigenvalue weighted by molar-refractivity contribution is 5.49. The van der Waals surface area contributed by atoms with Crippen molar-refractivity contribution in [2.75, 3.05) is 11.9 Å². The Kier molecular flexibility index (Phi) is 4.93. The summed E-state index contributed by atoms with van der Waals surface area (Å²) in [6.07, 6.45) is 3.46. The smallest absolute Gasteiger partial charge is 0.227 e. The molecule has 2 rings (SSSR count). The molecular weight excluding hydrogens is 250 g/mol. The third-order valence-corrected chi connectivity index (χ3v) is 2.95. The maximum atomic E-state index is 5.94. The number of rotatable bonds is 6. The predicted molar refractivity (Wildman–Crippen MR) is 81.4 cm³/mol. The summed E-state index contributed by atoms with van der Waals surface area (Å²) in [7, 11) is 0. The van der Waals surface area contributed by atoms with Gasteiger partial charge in [-0.3, -0.25) is 0 Å². The van der Waals surface area contributed by atoms with E-state index in [9.17, 15) is 0 Å². The number of aryl methyl sites for hydroxylation is 1. The van der Waals surface area contributed by atoms with Crippen molar-refractivity contribution >= 4 is 5.82 Å². The molecule has 0 radical (unpaired) electrons. The quantitative estimate of drug-likeness (QED) is 0.863. The fourth-order valence-electron chi connectivity index (χ4n) is 2.07. The Labute approximate surface area is 120 Å². The van der Waals surface area contributed by atoms with Crippen molar-refractivity contribution in [3.8, 4) is 11.6 Å². The molecule has 0 aliphatic rings. The third-order valence-electron chi connectivity index (χ3n) is 2.95. The monoisotopic (exact) mass is 271 g/mol. The molecule has 0 unspecified atom stereocenters. The Morgan fingerprint density at radius 1 is 1.20 bits per heavy atom. The summed E-state index contributed by atoms with van der Waals surface area (Å²) in [5, 5.41) is 3.27. The van der Waals surface area contributed by atoms with Gasteiger partial charge >= 0.3 is 0 Å². The number of nitrogens with one attached hydrogen (secondary N) is 1. The molecule has 0 saturated carbocycles. The van der Waals surface area contributed by atoms with E-state index >= 15 is 0 Å². The summed E-state index contributed by atoms with van der Waals surface area (Å²) in [6, 6.07) is 7.98. The molecule has 2 aromatic rings. The summed E-state index contributed by atoms with van der Waals surface area (Å²) in [4.78, 5) is 8.60. The van der Waals surface area contributed by atoms with Gasteiger partial charge in [-0.05, 0) is 38.0 Å². The van der Waals surface area contributed by atoms with Crippen LogP contribution in [0.5, 0.6) is 11.6 Å². The number of anilines is 1. The molecule has 4 nitrogen and oxygen atoms in total. The average Bonchev–Trinajstić information content (AvgIpc) is 2.43. The van der Waals surface area contributed by atoms with E-state index in [2.05, 4.69) is 29.1 Å². The Morgan fingerprint density at radius 3 is 2.75 bits per heavy atom. The van der Waals surface area contributed by atoms with Crippen LogP contribution in [-0.2, 0) is 6.42 Å². The second-order valence-electron chi connectivity index (χ2n) is 4.70. The molecule has 0 fully saturated rings. The highest BCUT2D eigenvalue weighted by Crippen LogP contribution is 2.28. The van der Waals surface area contributed by atoms with Gasteiger partial charge in [-0.2, -0.15) is 0 Å². The van der Waals surface area contributed by atoms with Crippen LogP contribution >= 0.6 is 0 Å². The molecule has 1 N–H and O–H groups in total. The zero-order chi connectivity index (χ0) is 14.4. The van der Waals surface area contributed by atoms with E-state index in [-0.39, 0.29) is 0 Å². The maximum Gasteiger partial charge on any atom is 0.227 e. The van der Waals surface area contributed by atoms with Crippen LogP contribution in [0.1, 0.15) is 31.4 Å². The molecule has 1 aromatic heterocycles. The van der Waals surface area contributed by atoms with Crippen LogP contribution in [0.2, 0.25) is 0 Å². The third kappa shape index (κ3) is 3.47. The van der Waals surface area contributed by atoms with Crippen LogP contribution in [-0.4, -0.2) is 16.5 Å². The number of ether oxygens (including phenoxy) is 1. The molecule has 0 aliphatic heterocycles. The first-order valence-corrected chi connectivity index (χ1v) is 7.06. The lowest BCUT2D eigenvalue weighted by molar-refractivity contribution is 0.454. The van der Waals surface area contributed by atoms with Crippen molar-refractivity contribution in [2.45, 2.75) is 33.6 Å². The van der Waals surface area contributed by atoms with Gasteiger partial charge in [0.05, 0.1) is 5.56 Å². The summed E-state index contributed by atoms with van der Waals surface area (Å²) >= 11 is 0. The van der Waals surface area contributed by atoms with Crippen LogP contribution in [0.25, 0.3) is 0 Å². The van der Waals surface area contributed by atoms with Crippen molar-refractivity contribution in [3.05, 3.63) is 41.7 Å². The first-order chi connectivity index (χ1) is 9.74. The Bertz CT molecular complexity index is 569. The lowest BCUT2D eigenvalue weighted by Gasteiger charge is -2.13. The van der Waals surface area contributed by atoms with Crippen molar-refractivity contribution < 1.29 is 4.74 Å². The topological polar surface area (TPSA) is 47.0 Å². The van der Waals surface area contributed by atoms with E-state index in [4.69, 9.17) is 4.74 Å². The zero-order valence-electron chi connectivity index (χ0n) is 12.3. The van der Waals surface area contributed by atoms with E-state index in [1.54, 1.807) is 6.33 Å². The van der Waals surface area contributed by atoms with Crippen molar-refractivity contribution in [2.24, 2.45) is 0 Å². The number of aromatic nitrogens is 2. The fourth-order valence-corrected chi connectivity index (χ4v) is 2.07. The van der Waals surface area contributed by atoms with Gasteiger partial charge in [0.25, 0.3) is 0 Å². The predicted octanol–water partition coefficient (Wildman–Crippen LogP) is 3.96. The Morgan fingerprint density at radius 2 is 2.05 bits per heavy atom. The molecule has 0 atom stereocenters. The first-order valence-electron chi connectivity index (χ1n) is 7.06. The van der Waals surface area contributed by atoms with Crippen LogP contribution in [0, 0.1) is 6.92 Å². The molecule has 4 heteroatoms. The van der Waals surface area contributed by atoms with Gasteiger partial charge in [0.1, 0.15) is 17.9 Å². The SMILES string of the molecule is CCCc1c(NCC)ncnc1Oc1cccc(C)c1. The molecular formula is C16H21N3O. The lowest BCUT2D eigenvalue weighted by atomic mass is 10.1. The van der Waals surface area contributed by atoms with Crippen LogP contribution < -0.4 is 10.1 Å². The minimum Gasteiger partial charge on any atom is -0.439 e. The van der Waals surface area contributed by atoms with Gasteiger partial charge in [-0.15, -0.1) is 0 Å². The zero-order valence-corrected chi connectivity index (χ0v) is 12.3. The minimum atomic E-state index is 0.642. The summed E-state index contributed by atoms with van der Waals surface area (Å²) in [5.41, 5.74) is 2.21. The molecule has 106 valence electrons. The van der Waals surface area contributed by atoms with Crippen molar-refractivity contribution in [3.63, 3.8) is 0 Å². The van der Waals surface area contributed by atoms with Crippen LogP contribution in [0.3, 0.4) is 0 Å². The second-order valence-corrected chi connectivity index (χ2v) is 4.70. The largest absolute Gasteiger partial charge is 0.439 e.